The van der Waals surface area contributed by atoms with Crippen LogP contribution >= 0.6 is 0 Å². The number of hydrogen-bond donors (Lipinski definition) is 3. The first-order valence-electron chi connectivity index (χ1n) is 7.51. The third-order valence-corrected chi connectivity index (χ3v) is 3.61. The van der Waals surface area contributed by atoms with E-state index in [2.05, 4.69) is 36.6 Å². The minimum Gasteiger partial charge on any atom is -0.388 e. The number of urea groups is 1. The number of aliphatic hydroxyl groups is 1. The van der Waals surface area contributed by atoms with Gasteiger partial charge in [0.2, 0.25) is 0 Å². The maximum atomic E-state index is 11.8. The molecule has 1 aliphatic carbocycles. The van der Waals surface area contributed by atoms with E-state index >= 15 is 0 Å². The first-order chi connectivity index (χ1) is 9.09. The zero-order chi connectivity index (χ0) is 14.1. The molecule has 0 aromatic heterocycles. The van der Waals surface area contributed by atoms with Gasteiger partial charge in [-0.25, -0.2) is 4.79 Å². The summed E-state index contributed by atoms with van der Waals surface area (Å²) in [5.41, 5.74) is -0.757. The summed E-state index contributed by atoms with van der Waals surface area (Å²) in [7, 11) is 0. The van der Waals surface area contributed by atoms with Gasteiger partial charge in [-0.2, -0.15) is 0 Å². The number of carbonyl (C=O) groups is 1. The summed E-state index contributed by atoms with van der Waals surface area (Å²) in [5.74, 6) is 0. The second-order valence-electron chi connectivity index (χ2n) is 5.53. The molecule has 3 N–H and O–H groups in total. The molecule has 0 spiro atoms. The van der Waals surface area contributed by atoms with Gasteiger partial charge in [-0.3, -0.25) is 0 Å². The predicted octanol–water partition coefficient (Wildman–Crippen LogP) is 2.73. The molecule has 4 nitrogen and oxygen atoms in total. The van der Waals surface area contributed by atoms with Crippen LogP contribution in [0.4, 0.5) is 4.79 Å². The van der Waals surface area contributed by atoms with Crippen molar-refractivity contribution in [2.45, 2.75) is 70.4 Å². The lowest BCUT2D eigenvalue weighted by atomic mass is 9.93. The molecule has 4 heteroatoms. The van der Waals surface area contributed by atoms with Gasteiger partial charge in [0, 0.05) is 12.6 Å². The smallest absolute Gasteiger partial charge is 0.315 e. The monoisotopic (exact) mass is 268 g/mol. The van der Waals surface area contributed by atoms with Gasteiger partial charge in [0.15, 0.2) is 0 Å². The van der Waals surface area contributed by atoms with E-state index in [1.165, 1.54) is 0 Å². The van der Waals surface area contributed by atoms with Crippen LogP contribution in [0, 0.1) is 0 Å². The normalized spacial score (nSPS) is 19.2. The van der Waals surface area contributed by atoms with Crippen LogP contribution in [-0.2, 0) is 0 Å². The fourth-order valence-electron chi connectivity index (χ4n) is 2.64. The molecule has 0 aromatic rings. The van der Waals surface area contributed by atoms with Crippen molar-refractivity contribution in [1.82, 2.24) is 10.6 Å². The Morgan fingerprint density at radius 2 is 2.00 bits per heavy atom. The molecule has 1 unspecified atom stereocenters. The summed E-state index contributed by atoms with van der Waals surface area (Å²) < 4.78 is 0. The fraction of sp³-hybridized carbons (Fsp3) is 0.800. The Labute approximate surface area is 116 Å². The van der Waals surface area contributed by atoms with Crippen molar-refractivity contribution in [3.05, 3.63) is 12.2 Å². The lowest BCUT2D eigenvalue weighted by Gasteiger charge is -2.28. The number of nitrogens with one attached hydrogen (secondary N) is 2. The van der Waals surface area contributed by atoms with Gasteiger partial charge in [-0.15, -0.1) is 0 Å². The van der Waals surface area contributed by atoms with Gasteiger partial charge >= 0.3 is 6.03 Å². The quantitative estimate of drug-likeness (QED) is 0.622. The van der Waals surface area contributed by atoms with Crippen molar-refractivity contribution < 1.29 is 9.90 Å². The average Bonchev–Trinajstić information content (AvgIpc) is 2.38. The summed E-state index contributed by atoms with van der Waals surface area (Å²) in [4.78, 5) is 11.8. The van der Waals surface area contributed by atoms with Crippen LogP contribution in [0.5, 0.6) is 0 Å². The van der Waals surface area contributed by atoms with Crippen molar-refractivity contribution in [3.8, 4) is 0 Å². The van der Waals surface area contributed by atoms with Crippen molar-refractivity contribution in [2.24, 2.45) is 0 Å². The van der Waals surface area contributed by atoms with Crippen LogP contribution in [0.15, 0.2) is 12.2 Å². The molecule has 0 radical (unpaired) electrons. The first kappa shape index (κ1) is 16.0. The minimum absolute atomic E-state index is 0.161. The minimum atomic E-state index is -0.757. The summed E-state index contributed by atoms with van der Waals surface area (Å²) >= 11 is 0. The maximum Gasteiger partial charge on any atom is 0.315 e. The topological polar surface area (TPSA) is 61.4 Å². The number of amides is 2. The standard InChI is InChI=1S/C15H28N2O2/c1-3-10-15(19,11-4-2)12-16-14(18)17-13-8-6-5-7-9-13/h5-6,13,19H,3-4,7-12H2,1-2H3,(H2,16,17,18). The van der Waals surface area contributed by atoms with Crippen molar-refractivity contribution >= 4 is 6.03 Å². The van der Waals surface area contributed by atoms with Gasteiger partial charge in [-0.1, -0.05) is 38.8 Å². The highest BCUT2D eigenvalue weighted by molar-refractivity contribution is 5.74. The number of hydrogen-bond acceptors (Lipinski definition) is 2. The Morgan fingerprint density at radius 1 is 1.32 bits per heavy atom. The van der Waals surface area contributed by atoms with Gasteiger partial charge in [0.1, 0.15) is 0 Å². The molecule has 1 atom stereocenters. The number of rotatable bonds is 7. The molecular weight excluding hydrogens is 240 g/mol. The fourth-order valence-corrected chi connectivity index (χ4v) is 2.64. The van der Waals surface area contributed by atoms with Crippen LogP contribution in [-0.4, -0.2) is 29.3 Å². The van der Waals surface area contributed by atoms with Gasteiger partial charge in [0.05, 0.1) is 5.60 Å². The SMILES string of the molecule is CCCC(O)(CCC)CNC(=O)NC1CC=CCC1. The summed E-state index contributed by atoms with van der Waals surface area (Å²) in [6.45, 7) is 4.44. The van der Waals surface area contributed by atoms with E-state index in [0.717, 1.165) is 44.9 Å². The molecule has 2 amide bonds. The Balaban J connectivity index is 2.32. The van der Waals surface area contributed by atoms with Crippen molar-refractivity contribution in [3.63, 3.8) is 0 Å². The first-order valence-corrected chi connectivity index (χ1v) is 7.51. The maximum absolute atomic E-state index is 11.8. The average molecular weight is 268 g/mol. The molecule has 0 saturated heterocycles. The molecule has 0 fully saturated rings. The molecule has 1 aliphatic rings. The highest BCUT2D eigenvalue weighted by atomic mass is 16.3. The summed E-state index contributed by atoms with van der Waals surface area (Å²) in [5, 5.41) is 16.2. The highest BCUT2D eigenvalue weighted by Gasteiger charge is 2.25. The third kappa shape index (κ3) is 6.10. The van der Waals surface area contributed by atoms with Crippen LogP contribution < -0.4 is 10.6 Å². The van der Waals surface area contributed by atoms with E-state index in [1.54, 1.807) is 0 Å². The Bertz CT molecular complexity index is 297. The van der Waals surface area contributed by atoms with Gasteiger partial charge in [-0.05, 0) is 32.1 Å². The van der Waals surface area contributed by atoms with E-state index in [4.69, 9.17) is 0 Å². The van der Waals surface area contributed by atoms with E-state index in [-0.39, 0.29) is 12.1 Å². The van der Waals surface area contributed by atoms with Crippen LogP contribution in [0.25, 0.3) is 0 Å². The van der Waals surface area contributed by atoms with Crippen molar-refractivity contribution in [1.29, 1.82) is 0 Å². The second kappa shape index (κ2) is 8.20. The van der Waals surface area contributed by atoms with E-state index < -0.39 is 5.60 Å². The molecule has 1 rings (SSSR count). The largest absolute Gasteiger partial charge is 0.388 e. The number of allylic oxidation sites excluding steroid dienone is 1. The van der Waals surface area contributed by atoms with Crippen molar-refractivity contribution in [2.75, 3.05) is 6.54 Å². The molecule has 0 saturated carbocycles. The molecule has 0 bridgehead atoms. The Morgan fingerprint density at radius 3 is 2.53 bits per heavy atom. The molecule has 0 aliphatic heterocycles. The molecule has 0 aromatic carbocycles. The van der Waals surface area contributed by atoms with E-state index in [9.17, 15) is 9.90 Å². The lowest BCUT2D eigenvalue weighted by Crippen LogP contribution is -2.48. The summed E-state index contributed by atoms with van der Waals surface area (Å²) in [6.07, 6.45) is 10.5. The molecule has 19 heavy (non-hydrogen) atoms. The Hall–Kier alpha value is -1.03. The Kier molecular flexibility index (Phi) is 6.92. The highest BCUT2D eigenvalue weighted by Crippen LogP contribution is 2.18. The zero-order valence-electron chi connectivity index (χ0n) is 12.2. The van der Waals surface area contributed by atoms with E-state index in [0.29, 0.717) is 6.54 Å². The molecular formula is C15H28N2O2. The summed E-state index contributed by atoms with van der Waals surface area (Å²) in [6, 6.07) is 0.0707. The molecule has 110 valence electrons. The second-order valence-corrected chi connectivity index (χ2v) is 5.53. The predicted molar refractivity (Wildman–Crippen MR) is 78.1 cm³/mol. The third-order valence-electron chi connectivity index (χ3n) is 3.61. The van der Waals surface area contributed by atoms with Gasteiger partial charge < -0.3 is 15.7 Å². The lowest BCUT2D eigenvalue weighted by molar-refractivity contribution is 0.0240. The molecule has 0 heterocycles. The van der Waals surface area contributed by atoms with Crippen LogP contribution in [0.3, 0.4) is 0 Å². The van der Waals surface area contributed by atoms with Crippen LogP contribution in [0.2, 0.25) is 0 Å². The van der Waals surface area contributed by atoms with Gasteiger partial charge in [0.25, 0.3) is 0 Å². The zero-order valence-corrected chi connectivity index (χ0v) is 12.2. The van der Waals surface area contributed by atoms with Crippen LogP contribution in [0.1, 0.15) is 58.8 Å². The number of carbonyl (C=O) groups excluding carboxylic acids is 1. The van der Waals surface area contributed by atoms with E-state index in [1.807, 2.05) is 0 Å².